The Kier molecular flexibility index (Phi) is 9.34. The van der Waals surface area contributed by atoms with E-state index in [-0.39, 0.29) is 17.3 Å². The summed E-state index contributed by atoms with van der Waals surface area (Å²) in [5.41, 5.74) is 2.61. The third-order valence-electron chi connectivity index (χ3n) is 6.06. The van der Waals surface area contributed by atoms with Crippen LogP contribution in [0.2, 0.25) is 5.02 Å². The van der Waals surface area contributed by atoms with Gasteiger partial charge < -0.3 is 10.2 Å². The van der Waals surface area contributed by atoms with Gasteiger partial charge in [-0.3, -0.25) is 13.9 Å². The zero-order valence-corrected chi connectivity index (χ0v) is 23.0. The average Bonchev–Trinajstić information content (AvgIpc) is 2.88. The number of carbonyl (C=O) groups is 2. The van der Waals surface area contributed by atoms with Gasteiger partial charge in [-0.15, -0.1) is 0 Å². The van der Waals surface area contributed by atoms with E-state index in [9.17, 15) is 18.0 Å². The smallest absolute Gasteiger partial charge is 0.264 e. The van der Waals surface area contributed by atoms with Gasteiger partial charge in [0.1, 0.15) is 12.6 Å². The molecule has 0 spiro atoms. The fraction of sp³-hybridized carbons (Fsp3) is 0.286. The van der Waals surface area contributed by atoms with Crippen LogP contribution in [0, 0.1) is 13.8 Å². The number of anilines is 1. The molecule has 0 bridgehead atoms. The van der Waals surface area contributed by atoms with Crippen LogP contribution in [0.1, 0.15) is 30.5 Å². The topological polar surface area (TPSA) is 86.8 Å². The van der Waals surface area contributed by atoms with Crippen LogP contribution in [-0.4, -0.2) is 44.3 Å². The van der Waals surface area contributed by atoms with Crippen molar-refractivity contribution in [1.29, 1.82) is 0 Å². The maximum absolute atomic E-state index is 13.9. The molecule has 3 rings (SSSR count). The molecule has 196 valence electrons. The quantitative estimate of drug-likeness (QED) is 0.403. The van der Waals surface area contributed by atoms with Crippen LogP contribution in [-0.2, 0) is 26.2 Å². The third-order valence-corrected chi connectivity index (χ3v) is 8.20. The first-order chi connectivity index (χ1) is 17.6. The average molecular weight is 542 g/mol. The molecule has 1 atom stereocenters. The van der Waals surface area contributed by atoms with Gasteiger partial charge in [0.2, 0.25) is 11.8 Å². The normalized spacial score (nSPS) is 12.0. The number of rotatable bonds is 10. The molecule has 0 aliphatic carbocycles. The first-order valence-electron chi connectivity index (χ1n) is 12.0. The van der Waals surface area contributed by atoms with Crippen molar-refractivity contribution in [2.24, 2.45) is 0 Å². The predicted molar refractivity (Wildman–Crippen MR) is 147 cm³/mol. The SMILES string of the molecule is CCNC(=O)[C@H](C)N(Cc1ccccc1Cl)C(=O)CN(c1cc(C)ccc1C)S(=O)(=O)c1ccccc1. The van der Waals surface area contributed by atoms with Crippen LogP contribution in [0.5, 0.6) is 0 Å². The lowest BCUT2D eigenvalue weighted by Gasteiger charge is -2.32. The fourth-order valence-electron chi connectivity index (χ4n) is 3.94. The van der Waals surface area contributed by atoms with Crippen molar-refractivity contribution in [3.8, 4) is 0 Å². The van der Waals surface area contributed by atoms with Gasteiger partial charge in [-0.05, 0) is 68.7 Å². The minimum Gasteiger partial charge on any atom is -0.355 e. The summed E-state index contributed by atoms with van der Waals surface area (Å²) in [6, 6.07) is 19.6. The third kappa shape index (κ3) is 6.70. The predicted octanol–water partition coefficient (Wildman–Crippen LogP) is 4.71. The molecule has 0 saturated carbocycles. The molecule has 37 heavy (non-hydrogen) atoms. The lowest BCUT2D eigenvalue weighted by atomic mass is 10.1. The summed E-state index contributed by atoms with van der Waals surface area (Å²) in [5.74, 6) is -0.869. The summed E-state index contributed by atoms with van der Waals surface area (Å²) in [6.45, 7) is 7.02. The van der Waals surface area contributed by atoms with Crippen LogP contribution in [0.3, 0.4) is 0 Å². The molecule has 3 aromatic carbocycles. The van der Waals surface area contributed by atoms with Crippen LogP contribution < -0.4 is 9.62 Å². The molecule has 7 nitrogen and oxygen atoms in total. The maximum atomic E-state index is 13.9. The molecule has 0 unspecified atom stereocenters. The summed E-state index contributed by atoms with van der Waals surface area (Å²) in [6.07, 6.45) is 0. The van der Waals surface area contributed by atoms with Gasteiger partial charge in [0.25, 0.3) is 10.0 Å². The number of benzene rings is 3. The highest BCUT2D eigenvalue weighted by Gasteiger charge is 2.33. The second-order valence-electron chi connectivity index (χ2n) is 8.80. The molecule has 1 N–H and O–H groups in total. The summed E-state index contributed by atoms with van der Waals surface area (Å²) >= 11 is 6.37. The van der Waals surface area contributed by atoms with Crippen LogP contribution in [0.15, 0.2) is 77.7 Å². The Morgan fingerprint density at radius 3 is 2.27 bits per heavy atom. The summed E-state index contributed by atoms with van der Waals surface area (Å²) in [7, 11) is -4.10. The Morgan fingerprint density at radius 2 is 1.62 bits per heavy atom. The van der Waals surface area contributed by atoms with Crippen LogP contribution in [0.25, 0.3) is 0 Å². The fourth-order valence-corrected chi connectivity index (χ4v) is 5.62. The number of sulfonamides is 1. The minimum absolute atomic E-state index is 0.0445. The monoisotopic (exact) mass is 541 g/mol. The highest BCUT2D eigenvalue weighted by Crippen LogP contribution is 2.28. The number of halogens is 1. The number of nitrogens with zero attached hydrogens (tertiary/aromatic N) is 2. The van der Waals surface area contributed by atoms with Crippen molar-refractivity contribution < 1.29 is 18.0 Å². The summed E-state index contributed by atoms with van der Waals surface area (Å²) < 4.78 is 28.8. The molecule has 0 fully saturated rings. The molecule has 0 heterocycles. The molecule has 0 aliphatic heterocycles. The summed E-state index contributed by atoms with van der Waals surface area (Å²) in [4.78, 5) is 28.1. The van der Waals surface area contributed by atoms with Gasteiger partial charge in [-0.2, -0.15) is 0 Å². The van der Waals surface area contributed by atoms with E-state index in [4.69, 9.17) is 11.6 Å². The van der Waals surface area contributed by atoms with Crippen molar-refractivity contribution in [1.82, 2.24) is 10.2 Å². The molecule has 0 saturated heterocycles. The van der Waals surface area contributed by atoms with E-state index in [0.717, 1.165) is 9.87 Å². The zero-order chi connectivity index (χ0) is 27.2. The van der Waals surface area contributed by atoms with Gasteiger partial charge in [-0.25, -0.2) is 8.42 Å². The number of likely N-dealkylation sites (N-methyl/N-ethyl adjacent to an activating group) is 1. The minimum atomic E-state index is -4.10. The number of hydrogen-bond donors (Lipinski definition) is 1. The van der Waals surface area contributed by atoms with E-state index in [2.05, 4.69) is 5.32 Å². The van der Waals surface area contributed by atoms with E-state index in [0.29, 0.717) is 28.4 Å². The van der Waals surface area contributed by atoms with Gasteiger partial charge in [0.15, 0.2) is 0 Å². The van der Waals surface area contributed by atoms with Gasteiger partial charge in [-0.1, -0.05) is 60.1 Å². The molecular formula is C28H32ClN3O4S. The van der Waals surface area contributed by atoms with Crippen molar-refractivity contribution in [3.05, 3.63) is 94.5 Å². The van der Waals surface area contributed by atoms with E-state index in [1.165, 1.54) is 17.0 Å². The lowest BCUT2D eigenvalue weighted by molar-refractivity contribution is -0.139. The van der Waals surface area contributed by atoms with Crippen molar-refractivity contribution >= 4 is 39.1 Å². The van der Waals surface area contributed by atoms with Crippen LogP contribution >= 0.6 is 11.6 Å². The van der Waals surface area contributed by atoms with E-state index in [1.54, 1.807) is 69.3 Å². The second-order valence-corrected chi connectivity index (χ2v) is 11.1. The Morgan fingerprint density at radius 1 is 0.973 bits per heavy atom. The molecule has 3 aromatic rings. The van der Waals surface area contributed by atoms with Crippen molar-refractivity contribution in [2.45, 2.75) is 45.2 Å². The van der Waals surface area contributed by atoms with Gasteiger partial charge >= 0.3 is 0 Å². The van der Waals surface area contributed by atoms with Crippen LogP contribution in [0.4, 0.5) is 5.69 Å². The number of aryl methyl sites for hydroxylation is 2. The Bertz CT molecular complexity index is 1360. The first kappa shape index (κ1) is 28.2. The molecule has 2 amide bonds. The van der Waals surface area contributed by atoms with E-state index >= 15 is 0 Å². The molecule has 9 heteroatoms. The molecule has 0 radical (unpaired) electrons. The summed E-state index contributed by atoms with van der Waals surface area (Å²) in [5, 5.41) is 3.19. The van der Waals surface area contributed by atoms with E-state index < -0.39 is 28.5 Å². The molecular weight excluding hydrogens is 510 g/mol. The van der Waals surface area contributed by atoms with Crippen molar-refractivity contribution in [3.63, 3.8) is 0 Å². The number of hydrogen-bond acceptors (Lipinski definition) is 4. The Hall–Kier alpha value is -3.36. The highest BCUT2D eigenvalue weighted by atomic mass is 35.5. The molecule has 0 aromatic heterocycles. The highest BCUT2D eigenvalue weighted by molar-refractivity contribution is 7.92. The second kappa shape index (κ2) is 12.3. The Labute approximate surface area is 224 Å². The Balaban J connectivity index is 2.07. The lowest BCUT2D eigenvalue weighted by Crippen LogP contribution is -2.51. The zero-order valence-electron chi connectivity index (χ0n) is 21.4. The van der Waals surface area contributed by atoms with Gasteiger partial charge in [0, 0.05) is 18.1 Å². The number of carbonyl (C=O) groups excluding carboxylic acids is 2. The number of nitrogens with one attached hydrogen (secondary N) is 1. The molecule has 0 aliphatic rings. The number of amides is 2. The maximum Gasteiger partial charge on any atom is 0.264 e. The largest absolute Gasteiger partial charge is 0.355 e. The van der Waals surface area contributed by atoms with Crippen molar-refractivity contribution in [2.75, 3.05) is 17.4 Å². The van der Waals surface area contributed by atoms with Gasteiger partial charge in [0.05, 0.1) is 10.6 Å². The van der Waals surface area contributed by atoms with E-state index in [1.807, 2.05) is 19.1 Å². The standard InChI is InChI=1S/C28H32ClN3O4S/c1-5-30-28(34)22(4)31(18-23-11-9-10-14-25(23)29)27(33)19-32(26-17-20(2)15-16-21(26)3)37(35,36)24-12-7-6-8-13-24/h6-17,22H,5,18-19H2,1-4H3,(H,30,34)/t22-/m0/s1. The first-order valence-corrected chi connectivity index (χ1v) is 13.8.